The van der Waals surface area contributed by atoms with Crippen LogP contribution in [0.5, 0.6) is 5.88 Å². The lowest BCUT2D eigenvalue weighted by Crippen LogP contribution is -2.15. The molecule has 0 saturated carbocycles. The van der Waals surface area contributed by atoms with Crippen molar-refractivity contribution in [3.8, 4) is 11.6 Å². The van der Waals surface area contributed by atoms with Gasteiger partial charge in [0.2, 0.25) is 5.88 Å². The van der Waals surface area contributed by atoms with Crippen LogP contribution in [0.15, 0.2) is 67.0 Å². The number of hydrogen-bond donors (Lipinski definition) is 1. The number of nitrogens with zero attached hydrogens (tertiary/aromatic N) is 3. The SMILES string of the molecule is CCOc1ccc(Cl)c(C(=O)Nc2ccc(-n3cnc4ccccc43)cc2)n1. The Morgan fingerprint density at radius 2 is 1.89 bits per heavy atom. The Balaban J connectivity index is 1.55. The van der Waals surface area contributed by atoms with Crippen LogP contribution in [-0.4, -0.2) is 27.0 Å². The molecule has 2 aromatic heterocycles. The molecule has 0 fully saturated rings. The predicted octanol–water partition coefficient (Wildman–Crippen LogP) is 4.72. The molecule has 0 radical (unpaired) electrons. The molecule has 4 aromatic rings. The molecule has 7 heteroatoms. The number of imidazole rings is 1. The van der Waals surface area contributed by atoms with E-state index in [1.165, 1.54) is 0 Å². The van der Waals surface area contributed by atoms with Crippen molar-refractivity contribution in [2.24, 2.45) is 0 Å². The molecule has 0 spiro atoms. The number of halogens is 1. The number of amides is 1. The molecule has 140 valence electrons. The maximum absolute atomic E-state index is 12.6. The minimum Gasteiger partial charge on any atom is -0.478 e. The van der Waals surface area contributed by atoms with Gasteiger partial charge < -0.3 is 10.1 Å². The summed E-state index contributed by atoms with van der Waals surface area (Å²) in [7, 11) is 0. The summed E-state index contributed by atoms with van der Waals surface area (Å²) in [5, 5.41) is 3.08. The number of hydrogen-bond acceptors (Lipinski definition) is 4. The summed E-state index contributed by atoms with van der Waals surface area (Å²) >= 11 is 6.12. The van der Waals surface area contributed by atoms with Crippen LogP contribution < -0.4 is 10.1 Å². The number of pyridine rings is 1. The van der Waals surface area contributed by atoms with Gasteiger partial charge in [-0.1, -0.05) is 23.7 Å². The molecule has 28 heavy (non-hydrogen) atoms. The molecule has 6 nitrogen and oxygen atoms in total. The molecule has 0 aliphatic carbocycles. The average molecular weight is 393 g/mol. The van der Waals surface area contributed by atoms with Crippen molar-refractivity contribution >= 4 is 34.2 Å². The van der Waals surface area contributed by atoms with Gasteiger partial charge in [-0.3, -0.25) is 9.36 Å². The smallest absolute Gasteiger partial charge is 0.275 e. The molecule has 0 unspecified atom stereocenters. The van der Waals surface area contributed by atoms with E-state index in [1.807, 2.05) is 60.0 Å². The van der Waals surface area contributed by atoms with E-state index in [-0.39, 0.29) is 10.7 Å². The van der Waals surface area contributed by atoms with Crippen LogP contribution in [-0.2, 0) is 0 Å². The topological polar surface area (TPSA) is 69.0 Å². The second-order valence-corrected chi connectivity index (χ2v) is 6.42. The summed E-state index contributed by atoms with van der Waals surface area (Å²) in [6, 6.07) is 18.6. The first-order chi connectivity index (χ1) is 13.7. The molecule has 1 N–H and O–H groups in total. The standard InChI is InChI=1S/C21H17ClN4O2/c1-2-28-19-12-11-16(22)20(25-19)21(27)24-14-7-9-15(10-8-14)26-13-23-17-5-3-4-6-18(17)26/h3-13H,2H2,1H3,(H,24,27). The highest BCUT2D eigenvalue weighted by Crippen LogP contribution is 2.22. The van der Waals surface area contributed by atoms with Crippen molar-refractivity contribution in [2.75, 3.05) is 11.9 Å². The van der Waals surface area contributed by atoms with Crippen LogP contribution in [0.1, 0.15) is 17.4 Å². The minimum absolute atomic E-state index is 0.122. The van der Waals surface area contributed by atoms with E-state index in [9.17, 15) is 4.79 Å². The lowest BCUT2D eigenvalue weighted by Gasteiger charge is -2.09. The maximum Gasteiger partial charge on any atom is 0.275 e. The summed E-state index contributed by atoms with van der Waals surface area (Å²) in [6.07, 6.45) is 1.78. The van der Waals surface area contributed by atoms with Gasteiger partial charge in [-0.2, -0.15) is 0 Å². The Hall–Kier alpha value is -3.38. The molecule has 0 atom stereocenters. The van der Waals surface area contributed by atoms with Crippen LogP contribution in [0.2, 0.25) is 5.02 Å². The molecule has 0 bridgehead atoms. The van der Waals surface area contributed by atoms with E-state index in [0.29, 0.717) is 18.2 Å². The zero-order valence-corrected chi connectivity index (χ0v) is 15.8. The number of fused-ring (bicyclic) bond motifs is 1. The number of rotatable bonds is 5. The fourth-order valence-corrected chi connectivity index (χ4v) is 3.06. The highest BCUT2D eigenvalue weighted by atomic mass is 35.5. The highest BCUT2D eigenvalue weighted by molar-refractivity contribution is 6.34. The maximum atomic E-state index is 12.6. The Morgan fingerprint density at radius 3 is 2.68 bits per heavy atom. The highest BCUT2D eigenvalue weighted by Gasteiger charge is 2.14. The van der Waals surface area contributed by atoms with Crippen molar-refractivity contribution in [3.63, 3.8) is 0 Å². The third kappa shape index (κ3) is 3.54. The van der Waals surface area contributed by atoms with E-state index < -0.39 is 5.91 Å². The molecule has 2 heterocycles. The lowest BCUT2D eigenvalue weighted by atomic mass is 10.2. The largest absolute Gasteiger partial charge is 0.478 e. The van der Waals surface area contributed by atoms with Crippen molar-refractivity contribution in [1.29, 1.82) is 0 Å². The van der Waals surface area contributed by atoms with Gasteiger partial charge in [-0.05, 0) is 49.4 Å². The second-order valence-electron chi connectivity index (χ2n) is 6.02. The zero-order valence-electron chi connectivity index (χ0n) is 15.1. The van der Waals surface area contributed by atoms with Gasteiger partial charge in [0.05, 0.1) is 22.7 Å². The second kappa shape index (κ2) is 7.70. The third-order valence-electron chi connectivity index (χ3n) is 4.18. The zero-order chi connectivity index (χ0) is 19.5. The van der Waals surface area contributed by atoms with Crippen LogP contribution in [0.3, 0.4) is 0 Å². The van der Waals surface area contributed by atoms with Crippen LogP contribution in [0.25, 0.3) is 16.7 Å². The van der Waals surface area contributed by atoms with Crippen LogP contribution in [0.4, 0.5) is 5.69 Å². The Kier molecular flexibility index (Phi) is 4.95. The normalized spacial score (nSPS) is 10.8. The molecule has 1 amide bonds. The first-order valence-electron chi connectivity index (χ1n) is 8.79. The Labute approximate surface area is 166 Å². The summed E-state index contributed by atoms with van der Waals surface area (Å²) in [5.41, 5.74) is 3.65. The molecule has 0 aliphatic heterocycles. The third-order valence-corrected chi connectivity index (χ3v) is 4.49. The summed E-state index contributed by atoms with van der Waals surface area (Å²) in [4.78, 5) is 21.1. The number of carbonyl (C=O) groups is 1. The van der Waals surface area contributed by atoms with Crippen LogP contribution in [0, 0.1) is 0 Å². The monoisotopic (exact) mass is 392 g/mol. The van der Waals surface area contributed by atoms with Crippen molar-refractivity contribution in [3.05, 3.63) is 77.7 Å². The van der Waals surface area contributed by atoms with E-state index in [1.54, 1.807) is 18.5 Å². The number of aromatic nitrogens is 3. The van der Waals surface area contributed by atoms with Gasteiger partial charge in [-0.25, -0.2) is 9.97 Å². The van der Waals surface area contributed by atoms with Gasteiger partial charge in [-0.15, -0.1) is 0 Å². The number of nitrogens with one attached hydrogen (secondary N) is 1. The van der Waals surface area contributed by atoms with Crippen molar-refractivity contribution in [2.45, 2.75) is 6.92 Å². The molecule has 0 aliphatic rings. The number of carbonyl (C=O) groups excluding carboxylic acids is 1. The van der Waals surface area contributed by atoms with E-state index in [4.69, 9.17) is 16.3 Å². The summed E-state index contributed by atoms with van der Waals surface area (Å²) in [6.45, 7) is 2.31. The number of ether oxygens (including phenoxy) is 1. The van der Waals surface area contributed by atoms with Gasteiger partial charge in [0, 0.05) is 17.4 Å². The summed E-state index contributed by atoms with van der Waals surface area (Å²) < 4.78 is 7.33. The van der Waals surface area contributed by atoms with Crippen molar-refractivity contribution < 1.29 is 9.53 Å². The van der Waals surface area contributed by atoms with E-state index in [2.05, 4.69) is 15.3 Å². The van der Waals surface area contributed by atoms with Crippen LogP contribution >= 0.6 is 11.6 Å². The predicted molar refractivity (Wildman–Crippen MR) is 109 cm³/mol. The first-order valence-corrected chi connectivity index (χ1v) is 9.16. The molecular weight excluding hydrogens is 376 g/mol. The quantitative estimate of drug-likeness (QED) is 0.533. The van der Waals surface area contributed by atoms with Gasteiger partial charge >= 0.3 is 0 Å². The number of anilines is 1. The number of benzene rings is 2. The lowest BCUT2D eigenvalue weighted by molar-refractivity contribution is 0.102. The average Bonchev–Trinajstić information content (AvgIpc) is 3.14. The van der Waals surface area contributed by atoms with E-state index in [0.717, 1.165) is 16.7 Å². The van der Waals surface area contributed by atoms with Gasteiger partial charge in [0.25, 0.3) is 5.91 Å². The number of para-hydroxylation sites is 2. The Bertz CT molecular complexity index is 1140. The molecule has 2 aromatic carbocycles. The fourth-order valence-electron chi connectivity index (χ4n) is 2.87. The molecule has 4 rings (SSSR count). The van der Waals surface area contributed by atoms with Gasteiger partial charge in [0.1, 0.15) is 6.33 Å². The van der Waals surface area contributed by atoms with E-state index >= 15 is 0 Å². The Morgan fingerprint density at radius 1 is 1.11 bits per heavy atom. The summed E-state index contributed by atoms with van der Waals surface area (Å²) in [5.74, 6) is -0.0354. The first kappa shape index (κ1) is 18.0. The fraction of sp³-hybridized carbons (Fsp3) is 0.0952. The molecule has 0 saturated heterocycles. The minimum atomic E-state index is -0.396. The molecular formula is C21H17ClN4O2. The van der Waals surface area contributed by atoms with Gasteiger partial charge in [0.15, 0.2) is 5.69 Å². The van der Waals surface area contributed by atoms with Crippen molar-refractivity contribution in [1.82, 2.24) is 14.5 Å².